The minimum Gasteiger partial charge on any atom is -0.476 e. The molecule has 0 amide bonds. The quantitative estimate of drug-likeness (QED) is 0.846. The zero-order chi connectivity index (χ0) is 14.9. The topological polar surface area (TPSA) is 79.3 Å². The van der Waals surface area contributed by atoms with Crippen LogP contribution in [-0.4, -0.2) is 21.8 Å². The van der Waals surface area contributed by atoms with E-state index in [2.05, 4.69) is 10.3 Å². The number of carboxylic acids is 1. The number of aromatic carboxylic acids is 1. The Balaban J connectivity index is 2.36. The number of anilines is 2. The molecule has 0 aliphatic rings. The molecule has 0 spiro atoms. The first-order valence-corrected chi connectivity index (χ1v) is 6.47. The van der Waals surface area contributed by atoms with Gasteiger partial charge in [-0.05, 0) is 30.7 Å². The molecule has 0 atom stereocenters. The predicted octanol–water partition coefficient (Wildman–Crippen LogP) is 3.24. The summed E-state index contributed by atoms with van der Waals surface area (Å²) in [5.41, 5.74) is 0.871. The van der Waals surface area contributed by atoms with E-state index >= 15 is 0 Å². The van der Waals surface area contributed by atoms with Crippen LogP contribution < -0.4 is 5.32 Å². The van der Waals surface area contributed by atoms with Gasteiger partial charge in [-0.1, -0.05) is 11.3 Å². The van der Waals surface area contributed by atoms with Crippen LogP contribution in [0.1, 0.15) is 32.6 Å². The maximum atomic E-state index is 13.3. The number of hydrogen-bond donors (Lipinski definition) is 2. The van der Waals surface area contributed by atoms with Crippen LogP contribution >= 0.6 is 11.3 Å². The molecule has 20 heavy (non-hydrogen) atoms. The normalized spacial score (nSPS) is 10.3. The molecule has 1 aromatic carbocycles. The lowest BCUT2D eigenvalue weighted by molar-refractivity contribution is 0.0687. The van der Waals surface area contributed by atoms with Crippen LogP contribution in [0.5, 0.6) is 0 Å². The van der Waals surface area contributed by atoms with Gasteiger partial charge < -0.3 is 10.4 Å². The Kier molecular flexibility index (Phi) is 3.80. The number of carboxylic acid groups (broad SMARTS) is 1. The van der Waals surface area contributed by atoms with Gasteiger partial charge in [-0.25, -0.2) is 14.2 Å². The van der Waals surface area contributed by atoms with E-state index in [1.807, 2.05) is 0 Å². The number of halogens is 1. The monoisotopic (exact) mass is 294 g/mol. The lowest BCUT2D eigenvalue weighted by Crippen LogP contribution is -2.03. The van der Waals surface area contributed by atoms with Crippen molar-refractivity contribution in [1.82, 2.24) is 4.98 Å². The number of aryl methyl sites for hydroxylation is 1. The highest BCUT2D eigenvalue weighted by Crippen LogP contribution is 2.27. The van der Waals surface area contributed by atoms with Crippen LogP contribution in [-0.2, 0) is 0 Å². The summed E-state index contributed by atoms with van der Waals surface area (Å²) in [6, 6.07) is 4.33. The molecular formula is C13H11FN2O3S. The second-order valence-corrected chi connectivity index (χ2v) is 5.20. The Morgan fingerprint density at radius 3 is 2.55 bits per heavy atom. The first-order valence-electron chi connectivity index (χ1n) is 5.66. The lowest BCUT2D eigenvalue weighted by Gasteiger charge is -2.03. The molecule has 1 heterocycles. The third-order valence-electron chi connectivity index (χ3n) is 2.44. The van der Waals surface area contributed by atoms with Gasteiger partial charge in [0.05, 0.1) is 0 Å². The highest BCUT2D eigenvalue weighted by molar-refractivity contribution is 7.17. The van der Waals surface area contributed by atoms with Gasteiger partial charge in [0, 0.05) is 12.6 Å². The van der Waals surface area contributed by atoms with Gasteiger partial charge in [-0.2, -0.15) is 0 Å². The molecule has 0 radical (unpaired) electrons. The Morgan fingerprint density at radius 1 is 1.35 bits per heavy atom. The largest absolute Gasteiger partial charge is 0.476 e. The highest BCUT2D eigenvalue weighted by atomic mass is 32.1. The Bertz CT molecular complexity index is 645. The number of Topliss-reactive ketones (excluding diaryl/α,β-unsaturated/α-hetero) is 1. The number of benzene rings is 1. The highest BCUT2D eigenvalue weighted by Gasteiger charge is 2.20. The third kappa shape index (κ3) is 3.00. The molecule has 0 saturated heterocycles. The van der Waals surface area contributed by atoms with Crippen molar-refractivity contribution in [3.05, 3.63) is 40.2 Å². The third-order valence-corrected chi connectivity index (χ3v) is 3.51. The van der Waals surface area contributed by atoms with E-state index in [4.69, 9.17) is 5.11 Å². The average Bonchev–Trinajstić information content (AvgIpc) is 2.71. The van der Waals surface area contributed by atoms with Crippen molar-refractivity contribution in [1.29, 1.82) is 0 Å². The Labute approximate surface area is 118 Å². The van der Waals surface area contributed by atoms with Crippen molar-refractivity contribution < 1.29 is 19.1 Å². The Hall–Kier alpha value is -2.28. The van der Waals surface area contributed by atoms with E-state index < -0.39 is 11.8 Å². The molecule has 0 saturated carbocycles. The fourth-order valence-electron chi connectivity index (χ4n) is 1.69. The van der Waals surface area contributed by atoms with Crippen molar-refractivity contribution >= 4 is 33.9 Å². The molecule has 0 unspecified atom stereocenters. The van der Waals surface area contributed by atoms with E-state index in [-0.39, 0.29) is 21.5 Å². The van der Waals surface area contributed by atoms with Crippen LogP contribution in [0.15, 0.2) is 18.2 Å². The van der Waals surface area contributed by atoms with Gasteiger partial charge >= 0.3 is 5.97 Å². The van der Waals surface area contributed by atoms with Gasteiger partial charge in [0.25, 0.3) is 0 Å². The molecule has 2 rings (SSSR count). The van der Waals surface area contributed by atoms with Crippen molar-refractivity contribution in [2.45, 2.75) is 13.8 Å². The predicted molar refractivity (Wildman–Crippen MR) is 73.5 cm³/mol. The maximum Gasteiger partial charge on any atom is 0.356 e. The average molecular weight is 294 g/mol. The minimum atomic E-state index is -1.27. The van der Waals surface area contributed by atoms with Gasteiger partial charge in [-0.15, -0.1) is 0 Å². The van der Waals surface area contributed by atoms with Crippen LogP contribution in [0.25, 0.3) is 0 Å². The second-order valence-electron chi connectivity index (χ2n) is 4.20. The molecular weight excluding hydrogens is 283 g/mol. The fourth-order valence-corrected chi connectivity index (χ4v) is 2.56. The SMILES string of the molecule is CC(=O)c1sc(Nc2cc(C)cc(F)c2)nc1C(=O)O. The summed E-state index contributed by atoms with van der Waals surface area (Å²) >= 11 is 0.927. The van der Waals surface area contributed by atoms with Crippen LogP contribution in [0.4, 0.5) is 15.2 Å². The van der Waals surface area contributed by atoms with E-state index in [1.54, 1.807) is 13.0 Å². The molecule has 7 heteroatoms. The number of carbonyl (C=O) groups is 2. The molecule has 0 aliphatic heterocycles. The van der Waals surface area contributed by atoms with Crippen LogP contribution in [0.2, 0.25) is 0 Å². The summed E-state index contributed by atoms with van der Waals surface area (Å²) in [6.07, 6.45) is 0. The number of aromatic nitrogens is 1. The summed E-state index contributed by atoms with van der Waals surface area (Å²) in [4.78, 5) is 26.3. The van der Waals surface area contributed by atoms with E-state index in [0.717, 1.165) is 11.3 Å². The number of nitrogens with zero attached hydrogens (tertiary/aromatic N) is 1. The minimum absolute atomic E-state index is 0.0631. The molecule has 0 bridgehead atoms. The molecule has 104 valence electrons. The van der Waals surface area contributed by atoms with Gasteiger partial charge in [-0.3, -0.25) is 4.79 Å². The fraction of sp³-hybridized carbons (Fsp3) is 0.154. The smallest absolute Gasteiger partial charge is 0.356 e. The molecule has 2 N–H and O–H groups in total. The lowest BCUT2D eigenvalue weighted by atomic mass is 10.2. The van der Waals surface area contributed by atoms with Crippen molar-refractivity contribution in [3.8, 4) is 0 Å². The van der Waals surface area contributed by atoms with Gasteiger partial charge in [0.15, 0.2) is 16.6 Å². The first-order chi connectivity index (χ1) is 9.36. The standard InChI is InChI=1S/C13H11FN2O3S/c1-6-3-8(14)5-9(4-6)15-13-16-10(12(18)19)11(20-13)7(2)17/h3-5H,1-2H3,(H,15,16)(H,18,19). The van der Waals surface area contributed by atoms with Gasteiger partial charge in [0.2, 0.25) is 0 Å². The van der Waals surface area contributed by atoms with E-state index in [0.29, 0.717) is 11.3 Å². The summed E-state index contributed by atoms with van der Waals surface area (Å²) in [5.74, 6) is -2.05. The zero-order valence-electron chi connectivity index (χ0n) is 10.7. The molecule has 1 aromatic heterocycles. The number of rotatable bonds is 4. The number of carbonyl (C=O) groups excluding carboxylic acids is 1. The van der Waals surface area contributed by atoms with Crippen LogP contribution in [0.3, 0.4) is 0 Å². The number of ketones is 1. The number of thiazole rings is 1. The van der Waals surface area contributed by atoms with Crippen LogP contribution in [0, 0.1) is 12.7 Å². The molecule has 0 fully saturated rings. The summed E-state index contributed by atoms with van der Waals surface area (Å²) in [5, 5.41) is 12.0. The van der Waals surface area contributed by atoms with Crippen molar-refractivity contribution in [2.75, 3.05) is 5.32 Å². The molecule has 2 aromatic rings. The summed E-state index contributed by atoms with van der Waals surface area (Å²) < 4.78 is 13.3. The zero-order valence-corrected chi connectivity index (χ0v) is 11.5. The summed E-state index contributed by atoms with van der Waals surface area (Å²) in [6.45, 7) is 3.01. The molecule has 5 nitrogen and oxygen atoms in total. The number of hydrogen-bond acceptors (Lipinski definition) is 5. The first kappa shape index (κ1) is 14.1. The van der Waals surface area contributed by atoms with E-state index in [1.165, 1.54) is 19.1 Å². The maximum absolute atomic E-state index is 13.3. The second kappa shape index (κ2) is 5.38. The molecule has 0 aliphatic carbocycles. The summed E-state index contributed by atoms with van der Waals surface area (Å²) in [7, 11) is 0. The van der Waals surface area contributed by atoms with Gasteiger partial charge in [0.1, 0.15) is 10.7 Å². The number of nitrogens with one attached hydrogen (secondary N) is 1. The van der Waals surface area contributed by atoms with Crippen molar-refractivity contribution in [2.24, 2.45) is 0 Å². The van der Waals surface area contributed by atoms with Crippen molar-refractivity contribution in [3.63, 3.8) is 0 Å². The Morgan fingerprint density at radius 2 is 2.05 bits per heavy atom. The van der Waals surface area contributed by atoms with E-state index in [9.17, 15) is 14.0 Å².